The van der Waals surface area contributed by atoms with Crippen molar-refractivity contribution in [3.8, 4) is 0 Å². The molecule has 0 radical (unpaired) electrons. The van der Waals surface area contributed by atoms with Crippen molar-refractivity contribution in [1.82, 2.24) is 0 Å². The molecule has 25 heavy (non-hydrogen) atoms. The Kier molecular flexibility index (Phi) is 4.33. The van der Waals surface area contributed by atoms with Crippen LogP contribution in [0.5, 0.6) is 0 Å². The van der Waals surface area contributed by atoms with Gasteiger partial charge < -0.3 is 0 Å². The van der Waals surface area contributed by atoms with Crippen LogP contribution in [0.15, 0.2) is 54.6 Å². The number of rotatable bonds is 4. The topological polar surface area (TPSA) is 29.5 Å². The second-order valence-electron chi connectivity index (χ2n) is 6.50. The van der Waals surface area contributed by atoms with Crippen LogP contribution in [0.1, 0.15) is 31.4 Å². The first-order valence-electron chi connectivity index (χ1n) is 8.01. The van der Waals surface area contributed by atoms with Gasteiger partial charge in [0.05, 0.1) is 11.3 Å². The number of anilines is 1. The van der Waals surface area contributed by atoms with Crippen LogP contribution in [-0.2, 0) is 21.4 Å². The fourth-order valence-electron chi connectivity index (χ4n) is 3.11. The number of carbonyl (C=O) groups is 1. The molecule has 1 heterocycles. The van der Waals surface area contributed by atoms with E-state index in [-0.39, 0.29) is 11.6 Å². The van der Waals surface area contributed by atoms with Crippen LogP contribution in [0.3, 0.4) is 0 Å². The van der Waals surface area contributed by atoms with Gasteiger partial charge in [-0.25, -0.2) is 4.84 Å². The van der Waals surface area contributed by atoms with E-state index in [1.807, 2.05) is 19.9 Å². The van der Waals surface area contributed by atoms with Gasteiger partial charge in [-0.15, -0.1) is 0 Å². The minimum Gasteiger partial charge on any atom is -0.268 e. The average Bonchev–Trinajstić information content (AvgIpc) is 2.57. The summed E-state index contributed by atoms with van der Waals surface area (Å²) in [6.45, 7) is 3.88. The van der Waals surface area contributed by atoms with Gasteiger partial charge in [0.1, 0.15) is 0 Å². The van der Waals surface area contributed by atoms with Gasteiger partial charge in [-0.05, 0) is 30.0 Å². The van der Waals surface area contributed by atoms with E-state index in [0.29, 0.717) is 12.0 Å². The second-order valence-corrected chi connectivity index (χ2v) is 6.50. The van der Waals surface area contributed by atoms with Crippen molar-refractivity contribution in [2.75, 3.05) is 5.06 Å². The van der Waals surface area contributed by atoms with E-state index in [1.165, 1.54) is 18.2 Å². The van der Waals surface area contributed by atoms with Crippen molar-refractivity contribution in [1.29, 1.82) is 0 Å². The highest BCUT2D eigenvalue weighted by Gasteiger charge is 2.57. The third-order valence-electron chi connectivity index (χ3n) is 4.14. The molecule has 1 fully saturated rings. The molecule has 132 valence electrons. The molecule has 1 atom stereocenters. The molecule has 6 heteroatoms. The summed E-state index contributed by atoms with van der Waals surface area (Å²) in [5.41, 5.74) is -1.77. The Labute approximate surface area is 144 Å². The minimum absolute atomic E-state index is 0.129. The molecule has 0 saturated carbocycles. The number of para-hydroxylation sites is 1. The molecule has 0 bridgehead atoms. The molecule has 2 aromatic rings. The third kappa shape index (κ3) is 3.02. The maximum atomic E-state index is 13.2. The Morgan fingerprint density at radius 2 is 1.64 bits per heavy atom. The lowest BCUT2D eigenvalue weighted by molar-refractivity contribution is -0.195. The van der Waals surface area contributed by atoms with Crippen LogP contribution < -0.4 is 5.06 Å². The van der Waals surface area contributed by atoms with E-state index in [1.54, 1.807) is 24.3 Å². The van der Waals surface area contributed by atoms with Crippen molar-refractivity contribution in [3.63, 3.8) is 0 Å². The first-order chi connectivity index (χ1) is 11.8. The zero-order chi connectivity index (χ0) is 18.2. The van der Waals surface area contributed by atoms with Gasteiger partial charge in [-0.3, -0.25) is 4.79 Å². The smallest absolute Gasteiger partial charge is 0.268 e. The fourth-order valence-corrected chi connectivity index (χ4v) is 3.11. The summed E-state index contributed by atoms with van der Waals surface area (Å²) in [4.78, 5) is 18.7. The predicted molar refractivity (Wildman–Crippen MR) is 87.6 cm³/mol. The summed E-state index contributed by atoms with van der Waals surface area (Å²) in [6, 6.07) is 13.8. The van der Waals surface area contributed by atoms with Gasteiger partial charge in [-0.2, -0.15) is 18.2 Å². The van der Waals surface area contributed by atoms with Gasteiger partial charge in [0.25, 0.3) is 5.91 Å². The highest BCUT2D eigenvalue weighted by molar-refractivity contribution is 6.03. The molecule has 1 amide bonds. The number of halogens is 3. The van der Waals surface area contributed by atoms with Crippen molar-refractivity contribution < 1.29 is 22.8 Å². The maximum Gasteiger partial charge on any atom is 0.418 e. The van der Waals surface area contributed by atoms with Crippen molar-refractivity contribution >= 4 is 11.6 Å². The van der Waals surface area contributed by atoms with Crippen LogP contribution >= 0.6 is 0 Å². The number of nitrogens with zero attached hydrogens (tertiary/aromatic N) is 1. The van der Waals surface area contributed by atoms with Crippen LogP contribution in [0.2, 0.25) is 0 Å². The molecule has 1 saturated heterocycles. The Morgan fingerprint density at radius 3 is 2.20 bits per heavy atom. The van der Waals surface area contributed by atoms with Crippen LogP contribution in [-0.4, -0.2) is 5.91 Å². The lowest BCUT2D eigenvalue weighted by Crippen LogP contribution is -2.63. The summed E-state index contributed by atoms with van der Waals surface area (Å²) in [7, 11) is 0. The quantitative estimate of drug-likeness (QED) is 0.784. The maximum absolute atomic E-state index is 13.2. The van der Waals surface area contributed by atoms with Gasteiger partial charge in [0.2, 0.25) is 5.60 Å². The van der Waals surface area contributed by atoms with E-state index >= 15 is 0 Å². The average molecular weight is 349 g/mol. The SMILES string of the molecule is CC(C)C[C@]1(c2ccccc2)ON(c2ccccc2C(F)(F)F)C1=O. The van der Waals surface area contributed by atoms with Crippen molar-refractivity contribution in [2.24, 2.45) is 5.92 Å². The predicted octanol–water partition coefficient (Wildman–Crippen LogP) is 4.93. The number of hydrogen-bond acceptors (Lipinski definition) is 2. The second kappa shape index (κ2) is 6.19. The monoisotopic (exact) mass is 349 g/mol. The molecule has 2 aromatic carbocycles. The van der Waals surface area contributed by atoms with E-state index in [2.05, 4.69) is 0 Å². The minimum atomic E-state index is -4.57. The van der Waals surface area contributed by atoms with Gasteiger partial charge >= 0.3 is 6.18 Å². The number of hydrogen-bond donors (Lipinski definition) is 0. The Hall–Kier alpha value is -2.34. The molecule has 1 aliphatic heterocycles. The lowest BCUT2D eigenvalue weighted by atomic mass is 9.82. The molecular weight excluding hydrogens is 331 g/mol. The first kappa shape index (κ1) is 17.5. The summed E-state index contributed by atoms with van der Waals surface area (Å²) in [5.74, 6) is -0.353. The molecule has 3 nitrogen and oxygen atoms in total. The molecule has 0 spiro atoms. The van der Waals surface area contributed by atoms with Crippen molar-refractivity contribution in [2.45, 2.75) is 32.0 Å². The number of amides is 1. The molecule has 0 N–H and O–H groups in total. The van der Waals surface area contributed by atoms with Crippen molar-refractivity contribution in [3.05, 3.63) is 65.7 Å². The molecule has 1 aliphatic rings. The zero-order valence-corrected chi connectivity index (χ0v) is 13.9. The number of benzene rings is 2. The number of carbonyl (C=O) groups excluding carboxylic acids is 1. The van der Waals surface area contributed by atoms with Crippen LogP contribution in [0.25, 0.3) is 0 Å². The Balaban J connectivity index is 1.99. The summed E-state index contributed by atoms with van der Waals surface area (Å²) < 4.78 is 39.7. The van der Waals surface area contributed by atoms with E-state index in [4.69, 9.17) is 4.84 Å². The van der Waals surface area contributed by atoms with Gasteiger partial charge in [0.15, 0.2) is 0 Å². The number of hydroxylamine groups is 1. The van der Waals surface area contributed by atoms with E-state index < -0.39 is 23.2 Å². The number of alkyl halides is 3. The van der Waals surface area contributed by atoms with Gasteiger partial charge in [0, 0.05) is 0 Å². The lowest BCUT2D eigenvalue weighted by Gasteiger charge is -2.48. The first-order valence-corrected chi connectivity index (χ1v) is 8.01. The summed E-state index contributed by atoms with van der Waals surface area (Å²) >= 11 is 0. The Bertz CT molecular complexity index is 774. The molecule has 0 aromatic heterocycles. The molecular formula is C19H18F3NO2. The zero-order valence-electron chi connectivity index (χ0n) is 13.9. The van der Waals surface area contributed by atoms with Crippen LogP contribution in [0.4, 0.5) is 18.9 Å². The molecule has 0 unspecified atom stereocenters. The fraction of sp³-hybridized carbons (Fsp3) is 0.316. The third-order valence-corrected chi connectivity index (χ3v) is 4.14. The highest BCUT2D eigenvalue weighted by Crippen LogP contribution is 2.47. The summed E-state index contributed by atoms with van der Waals surface area (Å²) in [6.07, 6.45) is -4.18. The molecule has 0 aliphatic carbocycles. The summed E-state index contributed by atoms with van der Waals surface area (Å²) in [5, 5.41) is 0.762. The van der Waals surface area contributed by atoms with E-state index in [9.17, 15) is 18.0 Å². The normalized spacial score (nSPS) is 20.7. The standard InChI is InChI=1S/C19H18F3NO2/c1-13(2)12-18(14-8-4-3-5-9-14)17(24)23(25-18)16-11-7-6-10-15(16)19(20,21)22/h3-11,13H,12H2,1-2H3/t18-/m1/s1. The van der Waals surface area contributed by atoms with Gasteiger partial charge in [-0.1, -0.05) is 56.3 Å². The largest absolute Gasteiger partial charge is 0.418 e. The van der Waals surface area contributed by atoms with E-state index in [0.717, 1.165) is 11.1 Å². The molecule has 3 rings (SSSR count). The Morgan fingerprint density at radius 1 is 1.04 bits per heavy atom. The highest BCUT2D eigenvalue weighted by atomic mass is 19.4. The van der Waals surface area contributed by atoms with Crippen LogP contribution in [0, 0.1) is 5.92 Å².